The zero-order valence-electron chi connectivity index (χ0n) is 16.1. The lowest BCUT2D eigenvalue weighted by molar-refractivity contribution is -0.122. The van der Waals surface area contributed by atoms with E-state index in [1.165, 1.54) is 29.2 Å². The van der Waals surface area contributed by atoms with E-state index < -0.39 is 5.82 Å². The van der Waals surface area contributed by atoms with E-state index in [-0.39, 0.29) is 36.0 Å². The Kier molecular flexibility index (Phi) is 5.18. The molecule has 4 rings (SSSR count). The summed E-state index contributed by atoms with van der Waals surface area (Å²) in [6.45, 7) is 1.89. The number of fused-ring (bicyclic) bond motifs is 1. The first-order valence-corrected chi connectivity index (χ1v) is 9.83. The van der Waals surface area contributed by atoms with Crippen LogP contribution in [0.5, 0.6) is 5.75 Å². The van der Waals surface area contributed by atoms with E-state index in [4.69, 9.17) is 4.74 Å². The maximum Gasteiger partial charge on any atom is 0.237 e. The Morgan fingerprint density at radius 1 is 1.07 bits per heavy atom. The average molecular weight is 395 g/mol. The molecule has 2 aromatic rings. The van der Waals surface area contributed by atoms with Crippen LogP contribution in [-0.4, -0.2) is 24.2 Å². The van der Waals surface area contributed by atoms with Gasteiger partial charge in [-0.25, -0.2) is 9.29 Å². The number of carbonyl (C=O) groups is 3. The number of ketones is 1. The minimum absolute atomic E-state index is 0.147. The van der Waals surface area contributed by atoms with Crippen LogP contribution in [0.4, 0.5) is 10.1 Å². The summed E-state index contributed by atoms with van der Waals surface area (Å²) in [5.74, 6) is -0.632. The predicted molar refractivity (Wildman–Crippen MR) is 105 cm³/mol. The van der Waals surface area contributed by atoms with Gasteiger partial charge in [-0.05, 0) is 61.6 Å². The minimum atomic E-state index is -0.412. The van der Waals surface area contributed by atoms with E-state index >= 15 is 0 Å². The number of hydrogen-bond donors (Lipinski definition) is 0. The monoisotopic (exact) mass is 395 g/mol. The second-order valence-electron chi connectivity index (χ2n) is 7.86. The van der Waals surface area contributed by atoms with Crippen molar-refractivity contribution in [1.29, 1.82) is 0 Å². The Morgan fingerprint density at radius 3 is 2.55 bits per heavy atom. The molecule has 6 heteroatoms. The third-order valence-electron chi connectivity index (χ3n) is 5.80. The van der Waals surface area contributed by atoms with E-state index in [9.17, 15) is 18.8 Å². The summed E-state index contributed by atoms with van der Waals surface area (Å²) in [7, 11) is 0. The molecule has 2 fully saturated rings. The van der Waals surface area contributed by atoms with Gasteiger partial charge in [0.25, 0.3) is 0 Å². The highest BCUT2D eigenvalue weighted by atomic mass is 19.1. The topological polar surface area (TPSA) is 63.7 Å². The fourth-order valence-electron chi connectivity index (χ4n) is 4.22. The lowest BCUT2D eigenvalue weighted by atomic mass is 9.76. The highest BCUT2D eigenvalue weighted by Crippen LogP contribution is 2.42. The normalized spacial score (nSPS) is 23.8. The van der Waals surface area contributed by atoms with Crippen molar-refractivity contribution in [2.24, 2.45) is 17.8 Å². The summed E-state index contributed by atoms with van der Waals surface area (Å²) in [5, 5.41) is 0. The van der Waals surface area contributed by atoms with Gasteiger partial charge < -0.3 is 4.74 Å². The summed E-state index contributed by atoms with van der Waals surface area (Å²) in [6.07, 6.45) is 2.45. The highest BCUT2D eigenvalue weighted by Gasteiger charge is 2.50. The zero-order valence-corrected chi connectivity index (χ0v) is 16.1. The number of rotatable bonds is 5. The van der Waals surface area contributed by atoms with Crippen LogP contribution >= 0.6 is 0 Å². The van der Waals surface area contributed by atoms with Crippen molar-refractivity contribution in [1.82, 2.24) is 0 Å². The molecular weight excluding hydrogens is 373 g/mol. The number of amides is 2. The van der Waals surface area contributed by atoms with Crippen LogP contribution in [0.1, 0.15) is 36.5 Å². The molecule has 2 amide bonds. The standard InChI is InChI=1S/C23H22FNO4/c1-14-5-10-19-20(11-14)23(28)25(22(19)27)17-3-2-4-18(12-17)29-13-21(26)15-6-8-16(24)9-7-15/h2-4,6-9,12,14,19-20H,5,10-11,13H2,1H3. The number of ether oxygens (including phenoxy) is 1. The Hall–Kier alpha value is -3.02. The molecule has 0 N–H and O–H groups in total. The van der Waals surface area contributed by atoms with Gasteiger partial charge in [-0.2, -0.15) is 0 Å². The van der Waals surface area contributed by atoms with Crippen LogP contribution in [0.25, 0.3) is 0 Å². The number of hydrogen-bond acceptors (Lipinski definition) is 4. The number of imide groups is 1. The van der Waals surface area contributed by atoms with Crippen LogP contribution in [-0.2, 0) is 9.59 Å². The molecule has 150 valence electrons. The molecule has 0 radical (unpaired) electrons. The van der Waals surface area contributed by atoms with Crippen molar-refractivity contribution in [2.45, 2.75) is 26.2 Å². The van der Waals surface area contributed by atoms with Crippen molar-refractivity contribution in [3.05, 3.63) is 59.9 Å². The Labute approximate surface area is 168 Å². The molecule has 3 unspecified atom stereocenters. The van der Waals surface area contributed by atoms with Crippen molar-refractivity contribution in [3.8, 4) is 5.75 Å². The SMILES string of the molecule is CC1CCC2C(=O)N(c3cccc(OCC(=O)c4ccc(F)cc4)c3)C(=O)C2C1. The van der Waals surface area contributed by atoms with Crippen LogP contribution in [0.3, 0.4) is 0 Å². The van der Waals surface area contributed by atoms with E-state index in [0.717, 1.165) is 19.3 Å². The number of anilines is 1. The number of nitrogens with zero attached hydrogens (tertiary/aromatic N) is 1. The first-order valence-electron chi connectivity index (χ1n) is 9.83. The molecule has 0 spiro atoms. The molecule has 2 aromatic carbocycles. The van der Waals surface area contributed by atoms with Crippen molar-refractivity contribution in [2.75, 3.05) is 11.5 Å². The fraction of sp³-hybridized carbons (Fsp3) is 0.348. The molecule has 3 atom stereocenters. The van der Waals surface area contributed by atoms with Gasteiger partial charge in [-0.15, -0.1) is 0 Å². The predicted octanol–water partition coefficient (Wildman–Crippen LogP) is 4.01. The fourth-order valence-corrected chi connectivity index (χ4v) is 4.22. The molecule has 1 saturated carbocycles. The van der Waals surface area contributed by atoms with Crippen molar-refractivity contribution in [3.63, 3.8) is 0 Å². The third-order valence-corrected chi connectivity index (χ3v) is 5.80. The van der Waals surface area contributed by atoms with Crippen molar-refractivity contribution < 1.29 is 23.5 Å². The number of carbonyl (C=O) groups excluding carboxylic acids is 3. The second kappa shape index (κ2) is 7.78. The van der Waals surface area contributed by atoms with Gasteiger partial charge in [0.15, 0.2) is 12.4 Å². The van der Waals surface area contributed by atoms with E-state index in [1.807, 2.05) is 0 Å². The Bertz CT molecular complexity index is 956. The highest BCUT2D eigenvalue weighted by molar-refractivity contribution is 6.22. The maximum absolute atomic E-state index is 13.0. The molecule has 0 aromatic heterocycles. The Morgan fingerprint density at radius 2 is 1.79 bits per heavy atom. The summed E-state index contributed by atoms with van der Waals surface area (Å²) in [5.41, 5.74) is 0.819. The van der Waals surface area contributed by atoms with Gasteiger partial charge in [0.1, 0.15) is 11.6 Å². The lowest BCUT2D eigenvalue weighted by Crippen LogP contribution is -2.30. The first-order chi connectivity index (χ1) is 13.9. The van der Waals surface area contributed by atoms with E-state index in [0.29, 0.717) is 22.9 Å². The van der Waals surface area contributed by atoms with Gasteiger partial charge in [0.05, 0.1) is 17.5 Å². The number of halogens is 1. The van der Waals surface area contributed by atoms with Gasteiger partial charge in [-0.3, -0.25) is 14.4 Å². The third kappa shape index (κ3) is 3.79. The van der Waals surface area contributed by atoms with E-state index in [1.54, 1.807) is 24.3 Å². The maximum atomic E-state index is 13.0. The molecule has 1 saturated heterocycles. The molecule has 0 bridgehead atoms. The average Bonchev–Trinajstić information content (AvgIpc) is 2.96. The lowest BCUT2D eigenvalue weighted by Gasteiger charge is -2.25. The zero-order chi connectivity index (χ0) is 20.5. The summed E-state index contributed by atoms with van der Waals surface area (Å²) >= 11 is 0. The molecule has 2 aliphatic rings. The quantitative estimate of drug-likeness (QED) is 0.567. The van der Waals surface area contributed by atoms with Gasteiger partial charge in [-0.1, -0.05) is 13.0 Å². The van der Waals surface area contributed by atoms with Crippen LogP contribution < -0.4 is 9.64 Å². The molecule has 1 heterocycles. The molecule has 1 aliphatic carbocycles. The van der Waals surface area contributed by atoms with E-state index in [2.05, 4.69) is 6.92 Å². The van der Waals surface area contributed by atoms with Crippen molar-refractivity contribution >= 4 is 23.3 Å². The van der Waals surface area contributed by atoms with Gasteiger partial charge in [0.2, 0.25) is 11.8 Å². The summed E-state index contributed by atoms with van der Waals surface area (Å²) in [4.78, 5) is 39.2. The van der Waals surface area contributed by atoms with Gasteiger partial charge >= 0.3 is 0 Å². The summed E-state index contributed by atoms with van der Waals surface area (Å²) in [6, 6.07) is 11.9. The number of benzene rings is 2. The molecule has 29 heavy (non-hydrogen) atoms. The van der Waals surface area contributed by atoms with Crippen LogP contribution in [0, 0.1) is 23.6 Å². The number of Topliss-reactive ketones (excluding diaryl/α,β-unsaturated/α-hetero) is 1. The molecule has 1 aliphatic heterocycles. The second-order valence-corrected chi connectivity index (χ2v) is 7.86. The van der Waals surface area contributed by atoms with Gasteiger partial charge in [0, 0.05) is 11.6 Å². The summed E-state index contributed by atoms with van der Waals surface area (Å²) < 4.78 is 18.6. The van der Waals surface area contributed by atoms with Crippen LogP contribution in [0.2, 0.25) is 0 Å². The first kappa shape index (κ1) is 19.3. The van der Waals surface area contributed by atoms with Crippen LogP contribution in [0.15, 0.2) is 48.5 Å². The molecule has 5 nitrogen and oxygen atoms in total. The largest absolute Gasteiger partial charge is 0.485 e. The Balaban J connectivity index is 1.47. The minimum Gasteiger partial charge on any atom is -0.485 e. The smallest absolute Gasteiger partial charge is 0.237 e. The molecular formula is C23H22FNO4.